The Bertz CT molecular complexity index is 1030. The van der Waals surface area contributed by atoms with Crippen molar-refractivity contribution in [1.82, 2.24) is 5.32 Å². The second-order valence-electron chi connectivity index (χ2n) is 7.26. The number of nitrogens with zero attached hydrogens (tertiary/aromatic N) is 1. The molecular weight excluding hydrogens is 470 g/mol. The molecule has 0 unspecified atom stereocenters. The van der Waals surface area contributed by atoms with Gasteiger partial charge in [0.1, 0.15) is 11.9 Å². The van der Waals surface area contributed by atoms with Gasteiger partial charge in [0.2, 0.25) is 5.69 Å². The maximum atomic E-state index is 14.7. The maximum Gasteiger partial charge on any atom is 0.389 e. The van der Waals surface area contributed by atoms with Gasteiger partial charge in [-0.25, -0.2) is 4.39 Å². The molecule has 0 bridgehead atoms. The Morgan fingerprint density at radius 3 is 2.62 bits per heavy atom. The van der Waals surface area contributed by atoms with Crippen molar-refractivity contribution in [3.8, 4) is 0 Å². The van der Waals surface area contributed by atoms with Crippen LogP contribution in [0.4, 0.5) is 23.2 Å². The van der Waals surface area contributed by atoms with E-state index < -0.39 is 30.4 Å². The lowest BCUT2D eigenvalue weighted by molar-refractivity contribution is -0.470. The van der Waals surface area contributed by atoms with E-state index in [1.807, 2.05) is 0 Å². The molecule has 11 heteroatoms. The summed E-state index contributed by atoms with van der Waals surface area (Å²) in [6.07, 6.45) is -5.69. The number of alkyl halides is 3. The minimum absolute atomic E-state index is 0.144. The smallest absolute Gasteiger partial charge is 0.389 e. The second kappa shape index (κ2) is 10.1. The number of thioether (sulfide) groups is 1. The van der Waals surface area contributed by atoms with Gasteiger partial charge in [0.25, 0.3) is 5.91 Å². The average molecular weight is 491 g/mol. The third-order valence-electron chi connectivity index (χ3n) is 4.79. The molecule has 4 N–H and O–H groups in total. The lowest BCUT2D eigenvalue weighted by Crippen LogP contribution is -2.37. The molecule has 0 saturated heterocycles. The number of rotatable bonds is 6. The van der Waals surface area contributed by atoms with E-state index >= 15 is 0 Å². The van der Waals surface area contributed by atoms with Crippen LogP contribution in [0.2, 0.25) is 5.02 Å². The molecule has 0 radical (unpaired) electrons. The van der Waals surface area contributed by atoms with Gasteiger partial charge in [0, 0.05) is 35.4 Å². The van der Waals surface area contributed by atoms with Gasteiger partial charge in [0.15, 0.2) is 6.54 Å². The maximum absolute atomic E-state index is 14.7. The molecule has 172 valence electrons. The van der Waals surface area contributed by atoms with Crippen molar-refractivity contribution in [2.45, 2.75) is 36.5 Å². The Hall–Kier alpha value is -2.30. The first kappa shape index (κ1) is 24.3. The van der Waals surface area contributed by atoms with Gasteiger partial charge in [-0.2, -0.15) is 17.7 Å². The van der Waals surface area contributed by atoms with E-state index in [2.05, 4.69) is 5.32 Å². The molecule has 0 fully saturated rings. The molecule has 32 heavy (non-hydrogen) atoms. The number of fused-ring (bicyclic) bond motifs is 1. The zero-order valence-electron chi connectivity index (χ0n) is 16.8. The Morgan fingerprint density at radius 1 is 1.28 bits per heavy atom. The predicted octanol–water partition coefficient (Wildman–Crippen LogP) is 4.79. The number of nitrogens with two attached hydrogens (primary N) is 1. The summed E-state index contributed by atoms with van der Waals surface area (Å²) in [6.45, 7) is -0.0666. The van der Waals surface area contributed by atoms with Gasteiger partial charge < -0.3 is 16.2 Å². The van der Waals surface area contributed by atoms with Crippen LogP contribution in [0.1, 0.15) is 28.8 Å². The zero-order chi connectivity index (χ0) is 23.5. The first-order chi connectivity index (χ1) is 15.0. The molecular formula is C21H21ClF4N3O2S+. The summed E-state index contributed by atoms with van der Waals surface area (Å²) in [6, 6.07) is 8.62. The topological polar surface area (TPSA) is 78.4 Å². The average Bonchev–Trinajstić information content (AvgIpc) is 2.83. The molecule has 0 aromatic heterocycles. The number of hydrogen-bond acceptors (Lipinski definition) is 3. The fraction of sp³-hybridized carbons (Fsp3) is 0.333. The third kappa shape index (κ3) is 6.14. The number of aliphatic hydroxyl groups is 1. The SMILES string of the molecule is N[C@H]1CSc2cc(F)c(C(=O)NCCCC(F)(F)F)cc2[N+](Cc2ccc(Cl)cc2)=C1O. The molecule has 1 amide bonds. The van der Waals surface area contributed by atoms with Crippen LogP contribution in [-0.4, -0.2) is 46.0 Å². The fourth-order valence-corrected chi connectivity index (χ4v) is 4.28. The van der Waals surface area contributed by atoms with E-state index in [0.717, 1.165) is 5.56 Å². The number of carbonyl (C=O) groups is 1. The minimum Gasteiger partial charge on any atom is -0.462 e. The van der Waals surface area contributed by atoms with Crippen molar-refractivity contribution in [3.63, 3.8) is 0 Å². The third-order valence-corrected chi connectivity index (χ3v) is 6.20. The summed E-state index contributed by atoms with van der Waals surface area (Å²) in [7, 11) is 0. The van der Waals surface area contributed by atoms with Crippen LogP contribution < -0.4 is 11.1 Å². The van der Waals surface area contributed by atoms with Crippen LogP contribution in [0.15, 0.2) is 41.3 Å². The molecule has 5 nitrogen and oxygen atoms in total. The van der Waals surface area contributed by atoms with Crippen molar-refractivity contribution in [2.24, 2.45) is 5.73 Å². The van der Waals surface area contributed by atoms with Crippen LogP contribution >= 0.6 is 23.4 Å². The number of amides is 1. The summed E-state index contributed by atoms with van der Waals surface area (Å²) in [4.78, 5) is 12.9. The Labute approximate surface area is 191 Å². The molecule has 0 aliphatic carbocycles. The van der Waals surface area contributed by atoms with Crippen molar-refractivity contribution in [2.75, 3.05) is 12.3 Å². The summed E-state index contributed by atoms with van der Waals surface area (Å²) in [5.74, 6) is -1.50. The van der Waals surface area contributed by atoms with E-state index in [1.165, 1.54) is 28.5 Å². The molecule has 0 saturated carbocycles. The van der Waals surface area contributed by atoms with Crippen LogP contribution in [0, 0.1) is 5.82 Å². The molecule has 1 heterocycles. The highest BCUT2D eigenvalue weighted by Crippen LogP contribution is 2.35. The Morgan fingerprint density at radius 2 is 1.97 bits per heavy atom. The molecule has 0 spiro atoms. The van der Waals surface area contributed by atoms with Gasteiger partial charge in [-0.3, -0.25) is 4.79 Å². The first-order valence-electron chi connectivity index (χ1n) is 9.70. The van der Waals surface area contributed by atoms with E-state index in [0.29, 0.717) is 21.4 Å². The van der Waals surface area contributed by atoms with Crippen LogP contribution in [-0.2, 0) is 6.54 Å². The Kier molecular flexibility index (Phi) is 7.68. The normalized spacial score (nSPS) is 16.5. The van der Waals surface area contributed by atoms with Gasteiger partial charge in [-0.15, -0.1) is 11.8 Å². The summed E-state index contributed by atoms with van der Waals surface area (Å²) < 4.78 is 53.0. The van der Waals surface area contributed by atoms with Gasteiger partial charge >= 0.3 is 12.1 Å². The van der Waals surface area contributed by atoms with Gasteiger partial charge in [-0.05, 0) is 24.6 Å². The minimum atomic E-state index is -4.33. The molecule has 2 aromatic carbocycles. The molecule has 2 aromatic rings. The molecule has 3 rings (SSSR count). The second-order valence-corrected chi connectivity index (χ2v) is 8.76. The van der Waals surface area contributed by atoms with E-state index in [-0.39, 0.29) is 31.0 Å². The van der Waals surface area contributed by atoms with E-state index in [4.69, 9.17) is 17.3 Å². The molecule has 1 atom stereocenters. The van der Waals surface area contributed by atoms with Crippen LogP contribution in [0.3, 0.4) is 0 Å². The van der Waals surface area contributed by atoms with Crippen molar-refractivity contribution >= 4 is 40.9 Å². The lowest BCUT2D eigenvalue weighted by atomic mass is 10.1. The van der Waals surface area contributed by atoms with Crippen LogP contribution in [0.5, 0.6) is 0 Å². The van der Waals surface area contributed by atoms with Gasteiger partial charge in [0.05, 0.1) is 10.5 Å². The largest absolute Gasteiger partial charge is 0.462 e. The van der Waals surface area contributed by atoms with E-state index in [9.17, 15) is 27.5 Å². The van der Waals surface area contributed by atoms with Crippen LogP contribution in [0.25, 0.3) is 0 Å². The first-order valence-corrected chi connectivity index (χ1v) is 11.1. The monoisotopic (exact) mass is 490 g/mol. The zero-order valence-corrected chi connectivity index (χ0v) is 18.3. The lowest BCUT2D eigenvalue weighted by Gasteiger charge is -2.11. The van der Waals surface area contributed by atoms with Crippen molar-refractivity contribution in [3.05, 3.63) is 58.4 Å². The highest BCUT2D eigenvalue weighted by Gasteiger charge is 2.33. The number of nitrogens with one attached hydrogen (secondary N) is 1. The van der Waals surface area contributed by atoms with Crippen molar-refractivity contribution in [1.29, 1.82) is 0 Å². The molecule has 1 aliphatic rings. The molecule has 1 aliphatic heterocycles. The number of carbonyl (C=O) groups excluding carboxylic acids is 1. The van der Waals surface area contributed by atoms with Gasteiger partial charge in [-0.1, -0.05) is 23.7 Å². The number of aliphatic hydroxyl groups excluding tert-OH is 1. The Balaban J connectivity index is 1.90. The quantitative estimate of drug-likeness (QED) is 0.309. The summed E-state index contributed by atoms with van der Waals surface area (Å²) in [5.41, 5.74) is 6.87. The summed E-state index contributed by atoms with van der Waals surface area (Å²) in [5, 5.41) is 13.6. The number of hydrogen-bond donors (Lipinski definition) is 3. The number of halogens is 5. The standard InChI is InChI=1S/C21H20ClF4N3O2S/c22-13-4-2-12(3-5-13)10-29-17-8-14(19(30)28-7-1-6-21(24,25)26)15(23)9-18(17)32-11-16(27)20(29)31/h2-5,8-9,16H,1,6-7,10-11,27H2,(H,28,30)/p+1/t16-/m0/s1. The predicted molar refractivity (Wildman–Crippen MR) is 115 cm³/mol. The number of benzene rings is 2. The fourth-order valence-electron chi connectivity index (χ4n) is 3.15. The van der Waals surface area contributed by atoms with Crippen molar-refractivity contribution < 1.29 is 32.0 Å². The highest BCUT2D eigenvalue weighted by molar-refractivity contribution is 7.99. The highest BCUT2D eigenvalue weighted by atomic mass is 35.5. The summed E-state index contributed by atoms with van der Waals surface area (Å²) >= 11 is 7.16. The van der Waals surface area contributed by atoms with E-state index in [1.54, 1.807) is 24.3 Å².